The Hall–Kier alpha value is -7.92. The van der Waals surface area contributed by atoms with Gasteiger partial charge in [0, 0.05) is 56.0 Å². The average Bonchev–Trinajstić information content (AvgIpc) is 3.59. The van der Waals surface area contributed by atoms with Gasteiger partial charge in [0.2, 0.25) is 0 Å². The molecule has 0 radical (unpaired) electrons. The van der Waals surface area contributed by atoms with Crippen molar-refractivity contribution in [3.8, 4) is 73.9 Å². The Bertz CT molecular complexity index is 2990. The average molecular weight is 766 g/mol. The first-order valence-electron chi connectivity index (χ1n) is 19.3. The third-order valence-electron chi connectivity index (χ3n) is 10.1. The van der Waals surface area contributed by atoms with Crippen molar-refractivity contribution in [1.82, 2.24) is 54.4 Å². The van der Waals surface area contributed by atoms with E-state index in [0.717, 1.165) is 66.6 Å². The lowest BCUT2D eigenvalue weighted by atomic mass is 10.0. The minimum absolute atomic E-state index is 0.534. The van der Waals surface area contributed by atoms with E-state index in [1.165, 1.54) is 0 Å². The van der Waals surface area contributed by atoms with Crippen LogP contribution in [0.15, 0.2) is 140 Å². The molecule has 0 amide bonds. The zero-order chi connectivity index (χ0) is 40.0. The maximum absolute atomic E-state index is 5.15. The molecule has 0 aliphatic rings. The fourth-order valence-electron chi connectivity index (χ4n) is 7.60. The SMILES string of the molecule is Cc1nc(C)nc(-c2ccc3c(c2)c2cc(-c4nc(C)nc(C)n4)ccc2n3-c2ccc(-c3ccccn3)c(-c3nc(-c4ccccc4)nc(-c4ccccc4)n3)c2)n1. The molecule has 0 spiro atoms. The van der Waals surface area contributed by atoms with E-state index in [-0.39, 0.29) is 0 Å². The van der Waals surface area contributed by atoms with Gasteiger partial charge in [-0.05, 0) is 94.4 Å². The summed E-state index contributed by atoms with van der Waals surface area (Å²) in [5, 5.41) is 2.04. The van der Waals surface area contributed by atoms with Gasteiger partial charge in [-0.2, -0.15) is 0 Å². The molecule has 11 nitrogen and oxygen atoms in total. The minimum atomic E-state index is 0.534. The number of aryl methyl sites for hydroxylation is 4. The first kappa shape index (κ1) is 35.5. The molecule has 0 atom stereocenters. The highest BCUT2D eigenvalue weighted by atomic mass is 15.1. The lowest BCUT2D eigenvalue weighted by Gasteiger charge is -2.15. The van der Waals surface area contributed by atoms with Gasteiger partial charge in [0.1, 0.15) is 23.3 Å². The van der Waals surface area contributed by atoms with Crippen LogP contribution in [0.1, 0.15) is 23.3 Å². The molecule has 0 fully saturated rings. The summed E-state index contributed by atoms with van der Waals surface area (Å²) in [6.45, 7) is 7.55. The highest BCUT2D eigenvalue weighted by molar-refractivity contribution is 6.11. The zero-order valence-electron chi connectivity index (χ0n) is 32.7. The first-order valence-corrected chi connectivity index (χ1v) is 19.3. The topological polar surface area (TPSA) is 134 Å². The van der Waals surface area contributed by atoms with Crippen molar-refractivity contribution in [3.63, 3.8) is 0 Å². The van der Waals surface area contributed by atoms with Gasteiger partial charge in [-0.25, -0.2) is 44.9 Å². The summed E-state index contributed by atoms with van der Waals surface area (Å²) >= 11 is 0. The summed E-state index contributed by atoms with van der Waals surface area (Å²) in [6, 6.07) is 45.0. The maximum atomic E-state index is 5.15. The van der Waals surface area contributed by atoms with E-state index < -0.39 is 0 Å². The van der Waals surface area contributed by atoms with Crippen LogP contribution < -0.4 is 0 Å². The molecule has 10 rings (SSSR count). The number of rotatable bonds is 7. The van der Waals surface area contributed by atoms with Crippen molar-refractivity contribution in [2.24, 2.45) is 0 Å². The van der Waals surface area contributed by atoms with E-state index >= 15 is 0 Å². The van der Waals surface area contributed by atoms with Crippen LogP contribution in [0, 0.1) is 27.7 Å². The minimum Gasteiger partial charge on any atom is -0.309 e. The van der Waals surface area contributed by atoms with Gasteiger partial charge in [0.15, 0.2) is 29.1 Å². The number of aromatic nitrogens is 11. The van der Waals surface area contributed by atoms with E-state index in [0.29, 0.717) is 52.4 Å². The molecular formula is C48H35N11. The van der Waals surface area contributed by atoms with Crippen LogP contribution in [0.3, 0.4) is 0 Å². The van der Waals surface area contributed by atoms with Crippen molar-refractivity contribution >= 4 is 21.8 Å². The molecule has 0 aliphatic carbocycles. The molecule has 0 unspecified atom stereocenters. The van der Waals surface area contributed by atoms with Crippen LogP contribution in [0.25, 0.3) is 95.7 Å². The number of fused-ring (bicyclic) bond motifs is 3. The number of pyridine rings is 1. The summed E-state index contributed by atoms with van der Waals surface area (Å²) in [6.07, 6.45) is 1.80. The molecule has 59 heavy (non-hydrogen) atoms. The molecular weight excluding hydrogens is 731 g/mol. The summed E-state index contributed by atoms with van der Waals surface area (Å²) in [7, 11) is 0. The lowest BCUT2D eigenvalue weighted by Crippen LogP contribution is -2.03. The summed E-state index contributed by atoms with van der Waals surface area (Å²) in [4.78, 5) is 47.7. The predicted octanol–water partition coefficient (Wildman–Crippen LogP) is 9.97. The second-order valence-electron chi connectivity index (χ2n) is 14.3. The highest BCUT2D eigenvalue weighted by Crippen LogP contribution is 2.39. The highest BCUT2D eigenvalue weighted by Gasteiger charge is 2.21. The Morgan fingerprint density at radius 1 is 0.356 bits per heavy atom. The van der Waals surface area contributed by atoms with Gasteiger partial charge < -0.3 is 4.57 Å². The Morgan fingerprint density at radius 2 is 0.831 bits per heavy atom. The van der Waals surface area contributed by atoms with Crippen LogP contribution in [0.4, 0.5) is 0 Å². The van der Waals surface area contributed by atoms with Gasteiger partial charge in [-0.15, -0.1) is 0 Å². The molecule has 5 heterocycles. The van der Waals surface area contributed by atoms with E-state index in [1.54, 1.807) is 6.20 Å². The van der Waals surface area contributed by atoms with E-state index in [1.807, 2.05) is 107 Å². The summed E-state index contributed by atoms with van der Waals surface area (Å²) in [5.41, 5.74) is 8.98. The summed E-state index contributed by atoms with van der Waals surface area (Å²) < 4.78 is 2.27. The molecule has 5 aromatic carbocycles. The molecule has 0 bridgehead atoms. The van der Waals surface area contributed by atoms with Crippen molar-refractivity contribution in [2.45, 2.75) is 27.7 Å². The van der Waals surface area contributed by atoms with Crippen molar-refractivity contribution in [1.29, 1.82) is 0 Å². The van der Waals surface area contributed by atoms with Gasteiger partial charge in [-0.3, -0.25) is 4.98 Å². The van der Waals surface area contributed by atoms with E-state index in [2.05, 4.69) is 69.1 Å². The third-order valence-corrected chi connectivity index (χ3v) is 10.1. The smallest absolute Gasteiger partial charge is 0.164 e. The van der Waals surface area contributed by atoms with Crippen LogP contribution in [0.2, 0.25) is 0 Å². The maximum Gasteiger partial charge on any atom is 0.164 e. The van der Waals surface area contributed by atoms with Crippen LogP contribution in [-0.2, 0) is 0 Å². The predicted molar refractivity (Wildman–Crippen MR) is 230 cm³/mol. The molecule has 282 valence electrons. The molecule has 0 N–H and O–H groups in total. The van der Waals surface area contributed by atoms with Gasteiger partial charge in [0.05, 0.1) is 16.7 Å². The fraction of sp³-hybridized carbons (Fsp3) is 0.0833. The van der Waals surface area contributed by atoms with Gasteiger partial charge in [-0.1, -0.05) is 66.7 Å². The Morgan fingerprint density at radius 3 is 1.32 bits per heavy atom. The Labute approximate surface area is 339 Å². The second kappa shape index (κ2) is 14.5. The molecule has 0 saturated carbocycles. The number of hydrogen-bond acceptors (Lipinski definition) is 10. The van der Waals surface area contributed by atoms with Gasteiger partial charge in [0.25, 0.3) is 0 Å². The zero-order valence-corrected chi connectivity index (χ0v) is 32.7. The Kier molecular flexibility index (Phi) is 8.75. The van der Waals surface area contributed by atoms with Crippen molar-refractivity contribution < 1.29 is 0 Å². The van der Waals surface area contributed by atoms with Crippen LogP contribution in [-0.4, -0.2) is 54.4 Å². The lowest BCUT2D eigenvalue weighted by molar-refractivity contribution is 0.928. The van der Waals surface area contributed by atoms with Gasteiger partial charge >= 0.3 is 0 Å². The summed E-state index contributed by atoms with van der Waals surface area (Å²) in [5.74, 6) is 5.62. The largest absolute Gasteiger partial charge is 0.309 e. The molecule has 0 saturated heterocycles. The normalized spacial score (nSPS) is 11.4. The molecule has 11 heteroatoms. The van der Waals surface area contributed by atoms with Crippen LogP contribution >= 0.6 is 0 Å². The Balaban J connectivity index is 1.24. The van der Waals surface area contributed by atoms with Crippen molar-refractivity contribution in [2.75, 3.05) is 0 Å². The second-order valence-corrected chi connectivity index (χ2v) is 14.3. The molecule has 0 aliphatic heterocycles. The van der Waals surface area contributed by atoms with E-state index in [9.17, 15) is 0 Å². The quantitative estimate of drug-likeness (QED) is 0.154. The monoisotopic (exact) mass is 765 g/mol. The third kappa shape index (κ3) is 6.74. The number of hydrogen-bond donors (Lipinski definition) is 0. The standard InChI is InChI=1S/C48H35N11/c1-28-50-29(2)53-46(52-28)34-18-22-42-38(25-34)39-26-35(47-54-30(3)51-31(4)55-47)19-23-43(39)59(42)36-20-21-37(41-17-11-12-24-49-41)40(27-36)48-57-44(32-13-7-5-8-14-32)56-45(58-48)33-15-9-6-10-16-33/h5-27H,1-4H3. The number of benzene rings is 5. The number of nitrogens with zero attached hydrogens (tertiary/aromatic N) is 11. The van der Waals surface area contributed by atoms with E-state index in [4.69, 9.17) is 39.9 Å². The van der Waals surface area contributed by atoms with Crippen LogP contribution in [0.5, 0.6) is 0 Å². The fourth-order valence-corrected chi connectivity index (χ4v) is 7.60. The van der Waals surface area contributed by atoms with Crippen molar-refractivity contribution in [3.05, 3.63) is 163 Å². The first-order chi connectivity index (χ1) is 28.8. The molecule has 10 aromatic rings. The molecule has 5 aromatic heterocycles.